The maximum absolute atomic E-state index is 2.51. The maximum atomic E-state index is 2.51. The van der Waals surface area contributed by atoms with Crippen molar-refractivity contribution in [3.05, 3.63) is 0 Å². The Morgan fingerprint density at radius 1 is 0.647 bits per heavy atom. The third kappa shape index (κ3) is 3.93. The van der Waals surface area contributed by atoms with Crippen LogP contribution < -0.4 is 0 Å². The van der Waals surface area contributed by atoms with E-state index in [2.05, 4.69) is 69.2 Å². The Bertz CT molecular complexity index is 189. The van der Waals surface area contributed by atoms with Crippen molar-refractivity contribution in [2.24, 2.45) is 0 Å². The minimum atomic E-state index is -2.41. The van der Waals surface area contributed by atoms with E-state index in [-0.39, 0.29) is 23.1 Å². The van der Waals surface area contributed by atoms with E-state index in [4.69, 9.17) is 0 Å². The fourth-order valence-electron chi connectivity index (χ4n) is 6.89. The van der Waals surface area contributed by atoms with Crippen molar-refractivity contribution < 1.29 is 14.8 Å². The Hall–Kier alpha value is 1.39. The van der Waals surface area contributed by atoms with Crippen LogP contribution in [0.15, 0.2) is 0 Å². The topological polar surface area (TPSA) is 0 Å². The van der Waals surface area contributed by atoms with Gasteiger partial charge in [0, 0.05) is 0 Å². The van der Waals surface area contributed by atoms with E-state index in [1.807, 2.05) is 0 Å². The predicted molar refractivity (Wildman–Crippen MR) is 80.0 cm³/mol. The summed E-state index contributed by atoms with van der Waals surface area (Å²) >= 11 is -2.41. The molecule has 0 aliphatic heterocycles. The molecule has 0 aliphatic carbocycles. The molecule has 0 heterocycles. The normalized spacial score (nSPS) is 14.5. The molecular weight excluding hydrogens is 270 g/mol. The van der Waals surface area contributed by atoms with Gasteiger partial charge in [-0.2, -0.15) is 0 Å². The number of rotatable bonds is 2. The van der Waals surface area contributed by atoms with Gasteiger partial charge in [0.25, 0.3) is 0 Å². The van der Waals surface area contributed by atoms with E-state index in [9.17, 15) is 0 Å². The Balaban J connectivity index is 0. The molecule has 0 aromatic heterocycles. The molecule has 0 saturated carbocycles. The van der Waals surface area contributed by atoms with Crippen LogP contribution in [0.4, 0.5) is 0 Å². The van der Waals surface area contributed by atoms with Gasteiger partial charge < -0.3 is 0 Å². The van der Waals surface area contributed by atoms with Crippen LogP contribution in [0.1, 0.15) is 75.7 Å². The zero-order valence-electron chi connectivity index (χ0n) is 14.3. The Labute approximate surface area is 130 Å². The van der Waals surface area contributed by atoms with Crippen molar-refractivity contribution in [2.75, 3.05) is 0 Å². The van der Waals surface area contributed by atoms with Crippen molar-refractivity contribution in [1.29, 1.82) is 0 Å². The molecule has 17 heavy (non-hydrogen) atoms. The summed E-state index contributed by atoms with van der Waals surface area (Å²) in [5.41, 5.74) is 0. The molecule has 0 bridgehead atoms. The summed E-state index contributed by atoms with van der Waals surface area (Å²) < 4.78 is 1.65. The molecule has 0 N–H and O–H groups in total. The van der Waals surface area contributed by atoms with Crippen LogP contribution in [-0.2, 0) is 14.8 Å². The van der Waals surface area contributed by atoms with Crippen LogP contribution >= 0.6 is 0 Å². The fraction of sp³-hybridized carbons (Fsp3) is 1.00. The molecule has 0 amide bonds. The second kappa shape index (κ2) is 6.23. The van der Waals surface area contributed by atoms with Gasteiger partial charge in [0.2, 0.25) is 0 Å². The van der Waals surface area contributed by atoms with Crippen LogP contribution in [0.3, 0.4) is 0 Å². The van der Waals surface area contributed by atoms with E-state index >= 15 is 0 Å². The summed E-state index contributed by atoms with van der Waals surface area (Å²) in [5, 5.41) is 1.53. The molecule has 0 saturated heterocycles. The molecule has 0 nitrogen and oxygen atoms in total. The van der Waals surface area contributed by atoms with Crippen molar-refractivity contribution >= 4 is 23.1 Å². The van der Waals surface area contributed by atoms with Gasteiger partial charge in [-0.15, -0.1) is 0 Å². The Kier molecular flexibility index (Phi) is 7.58. The van der Waals surface area contributed by atoms with Crippen LogP contribution in [0.2, 0.25) is 17.0 Å². The van der Waals surface area contributed by atoms with Gasteiger partial charge in [-0.1, -0.05) is 0 Å². The molecule has 0 atom stereocenters. The molecule has 0 unspecified atom stereocenters. The first-order valence-corrected chi connectivity index (χ1v) is 13.8. The second-order valence-electron chi connectivity index (χ2n) is 9.82. The van der Waals surface area contributed by atoms with Crippen molar-refractivity contribution in [3.63, 3.8) is 0 Å². The molecule has 0 aromatic rings. The second-order valence-corrected chi connectivity index (χ2v) is 30.0. The van der Waals surface area contributed by atoms with Gasteiger partial charge in [0.05, 0.1) is 0 Å². The largest absolute Gasteiger partial charge is 2.00 e. The monoisotopic (exact) mass is 302 g/mol. The summed E-state index contributed by atoms with van der Waals surface area (Å²) in [6.45, 7) is 25.0. The molecule has 2 heteroatoms. The van der Waals surface area contributed by atoms with Crippen molar-refractivity contribution in [3.8, 4) is 0 Å². The SMILES string of the molecule is CC[CH2][Zn-2]([C](C)(C)C)([C](C)(C)C)[C](C)(C)C.[Mg+2]. The summed E-state index contributed by atoms with van der Waals surface area (Å²) in [4.78, 5) is 0. The standard InChI is InChI=1S/3C4H9.C3H7.Mg.Zn/c3*1-4(2)3;1-3-2;;/h3*1-3H3;1,3H2,2H3;;/q;;;;+2;-2. The van der Waals surface area contributed by atoms with Crippen LogP contribution in [0.5, 0.6) is 0 Å². The van der Waals surface area contributed by atoms with E-state index in [1.165, 1.54) is 11.4 Å². The minimum absolute atomic E-state index is 0. The molecule has 0 aliphatic rings. The van der Waals surface area contributed by atoms with E-state index in [0.29, 0.717) is 12.0 Å². The first kappa shape index (κ1) is 20.7. The minimum Gasteiger partial charge on any atom is 2.00 e. The van der Waals surface area contributed by atoms with Gasteiger partial charge in [0.1, 0.15) is 0 Å². The molecule has 0 rings (SSSR count). The molecule has 0 spiro atoms. The molecule has 98 valence electrons. The smallest absolute Gasteiger partial charge is 2.00 e. The average molecular weight is 304 g/mol. The quantitative estimate of drug-likeness (QED) is 0.529. The average Bonchev–Trinajstić information content (AvgIpc) is 1.91. The maximum Gasteiger partial charge on any atom is 2.00 e. The van der Waals surface area contributed by atoms with Crippen molar-refractivity contribution in [2.45, 2.75) is 92.7 Å². The summed E-state index contributed by atoms with van der Waals surface area (Å²) in [6.07, 6.45) is 1.37. The van der Waals surface area contributed by atoms with Gasteiger partial charge in [-0.05, 0) is 0 Å². The van der Waals surface area contributed by atoms with E-state index in [0.717, 1.165) is 0 Å². The van der Waals surface area contributed by atoms with Crippen molar-refractivity contribution in [1.82, 2.24) is 0 Å². The summed E-state index contributed by atoms with van der Waals surface area (Å²) in [7, 11) is 0. The van der Waals surface area contributed by atoms with E-state index in [1.54, 1.807) is 0 Å². The van der Waals surface area contributed by atoms with Gasteiger partial charge in [-0.3, -0.25) is 0 Å². The predicted octanol–water partition coefficient (Wildman–Crippen LogP) is 6.24. The first-order chi connectivity index (χ1) is 6.81. The Morgan fingerprint density at radius 3 is 0.941 bits per heavy atom. The third-order valence-corrected chi connectivity index (χ3v) is 32.8. The third-order valence-electron chi connectivity index (χ3n) is 6.32. The summed E-state index contributed by atoms with van der Waals surface area (Å²) in [6, 6.07) is 0. The van der Waals surface area contributed by atoms with Gasteiger partial charge in [0.15, 0.2) is 0 Å². The zero-order chi connectivity index (χ0) is 13.4. The molecule has 0 aromatic carbocycles. The zero-order valence-corrected chi connectivity index (χ0v) is 18.7. The summed E-state index contributed by atoms with van der Waals surface area (Å²) in [5.74, 6) is 0. The molecular formula is C15H34MgZn. The van der Waals surface area contributed by atoms with E-state index < -0.39 is 14.8 Å². The fourth-order valence-corrected chi connectivity index (χ4v) is 35.8. The molecule has 0 radical (unpaired) electrons. The van der Waals surface area contributed by atoms with Gasteiger partial charge in [-0.25, -0.2) is 0 Å². The van der Waals surface area contributed by atoms with Crippen LogP contribution in [-0.4, -0.2) is 23.1 Å². The number of hydrogen-bond donors (Lipinski definition) is 0. The molecule has 0 fully saturated rings. The van der Waals surface area contributed by atoms with Crippen LogP contribution in [0, 0.1) is 0 Å². The first-order valence-electron chi connectivity index (χ1n) is 7.27. The Morgan fingerprint density at radius 2 is 0.882 bits per heavy atom. The van der Waals surface area contributed by atoms with Crippen LogP contribution in [0.25, 0.3) is 0 Å². The van der Waals surface area contributed by atoms with Gasteiger partial charge >= 0.3 is 131 Å². The number of hydrogen-bond acceptors (Lipinski definition) is 0.